The van der Waals surface area contributed by atoms with Crippen LogP contribution in [0.1, 0.15) is 5.56 Å². The average molecular weight is 216 g/mol. The van der Waals surface area contributed by atoms with Crippen LogP contribution < -0.4 is 10.1 Å². The molecule has 1 aromatic rings. The molecule has 0 heterocycles. The van der Waals surface area contributed by atoms with Gasteiger partial charge in [0.25, 0.3) is 0 Å². The summed E-state index contributed by atoms with van der Waals surface area (Å²) in [6.45, 7) is 0.180. The van der Waals surface area contributed by atoms with Gasteiger partial charge in [-0.2, -0.15) is 0 Å². The smallest absolute Gasteiger partial charge is 0.404 e. The summed E-state index contributed by atoms with van der Waals surface area (Å²) in [5.74, 6) is 0.614. The minimum atomic E-state index is -1.08. The number of benzene rings is 1. The van der Waals surface area contributed by atoms with E-state index in [9.17, 15) is 4.79 Å². The largest absolute Gasteiger partial charge is 0.496 e. The van der Waals surface area contributed by atoms with Crippen molar-refractivity contribution >= 4 is 17.7 Å². The molecule has 0 aromatic heterocycles. The lowest BCUT2D eigenvalue weighted by Crippen LogP contribution is -2.20. The number of methoxy groups -OCH3 is 1. The molecule has 0 unspecified atom stereocenters. The van der Waals surface area contributed by atoms with Gasteiger partial charge >= 0.3 is 6.09 Å². The van der Waals surface area contributed by atoms with Gasteiger partial charge < -0.3 is 15.2 Å². The highest BCUT2D eigenvalue weighted by Crippen LogP contribution is 2.22. The number of rotatable bonds is 3. The summed E-state index contributed by atoms with van der Waals surface area (Å²) >= 11 is 5.76. The number of carbonyl (C=O) groups is 1. The lowest BCUT2D eigenvalue weighted by Gasteiger charge is -2.08. The first kappa shape index (κ1) is 10.7. The predicted octanol–water partition coefficient (Wildman–Crippen LogP) is 2.12. The maximum absolute atomic E-state index is 10.3. The summed E-state index contributed by atoms with van der Waals surface area (Å²) < 4.78 is 5.04. The lowest BCUT2D eigenvalue weighted by atomic mass is 10.2. The Hall–Kier alpha value is -1.42. The maximum atomic E-state index is 10.3. The molecule has 0 aliphatic carbocycles. The molecular formula is C9H10ClNO3. The van der Waals surface area contributed by atoms with Gasteiger partial charge in [-0.25, -0.2) is 4.79 Å². The molecule has 76 valence electrons. The van der Waals surface area contributed by atoms with E-state index in [2.05, 4.69) is 5.32 Å². The van der Waals surface area contributed by atoms with Crippen molar-refractivity contribution in [3.05, 3.63) is 28.8 Å². The second-order valence-electron chi connectivity index (χ2n) is 2.61. The van der Waals surface area contributed by atoms with Crippen molar-refractivity contribution in [3.8, 4) is 5.75 Å². The Bertz CT molecular complexity index is 341. The molecule has 0 aliphatic heterocycles. The number of hydrogen-bond acceptors (Lipinski definition) is 2. The van der Waals surface area contributed by atoms with Gasteiger partial charge in [0, 0.05) is 17.1 Å². The first-order chi connectivity index (χ1) is 6.63. The zero-order valence-corrected chi connectivity index (χ0v) is 8.34. The van der Waals surface area contributed by atoms with Gasteiger partial charge in [-0.1, -0.05) is 11.6 Å². The molecule has 1 amide bonds. The van der Waals surface area contributed by atoms with Gasteiger partial charge in [0.2, 0.25) is 0 Å². The van der Waals surface area contributed by atoms with Gasteiger partial charge in [0.15, 0.2) is 0 Å². The zero-order chi connectivity index (χ0) is 10.6. The van der Waals surface area contributed by atoms with E-state index in [4.69, 9.17) is 21.4 Å². The number of nitrogens with one attached hydrogen (secondary N) is 1. The van der Waals surface area contributed by atoms with Crippen LogP contribution in [0, 0.1) is 0 Å². The summed E-state index contributed by atoms with van der Waals surface area (Å²) in [4.78, 5) is 10.3. The van der Waals surface area contributed by atoms with E-state index in [0.29, 0.717) is 16.3 Å². The minimum Gasteiger partial charge on any atom is -0.496 e. The Morgan fingerprint density at radius 1 is 1.64 bits per heavy atom. The zero-order valence-electron chi connectivity index (χ0n) is 7.58. The molecule has 0 bridgehead atoms. The molecular weight excluding hydrogens is 206 g/mol. The highest BCUT2D eigenvalue weighted by atomic mass is 35.5. The van der Waals surface area contributed by atoms with Crippen LogP contribution in [0.2, 0.25) is 5.02 Å². The third-order valence-electron chi connectivity index (χ3n) is 1.67. The number of halogens is 1. The lowest BCUT2D eigenvalue weighted by molar-refractivity contribution is 0.194. The molecule has 5 heteroatoms. The standard InChI is InChI=1S/C9H10ClNO3/c1-14-8-3-2-7(10)4-6(8)5-11-9(12)13/h2-4,11H,5H2,1H3,(H,12,13). The van der Waals surface area contributed by atoms with Crippen molar-refractivity contribution in [3.63, 3.8) is 0 Å². The highest BCUT2D eigenvalue weighted by molar-refractivity contribution is 6.30. The Labute approximate surface area is 86.4 Å². The molecule has 0 saturated carbocycles. The van der Waals surface area contributed by atoms with E-state index in [-0.39, 0.29) is 6.54 Å². The van der Waals surface area contributed by atoms with Gasteiger partial charge in [0.1, 0.15) is 5.75 Å². The van der Waals surface area contributed by atoms with Crippen molar-refractivity contribution in [2.24, 2.45) is 0 Å². The predicted molar refractivity (Wildman–Crippen MR) is 52.9 cm³/mol. The third kappa shape index (κ3) is 2.81. The van der Waals surface area contributed by atoms with Crippen LogP contribution in [0.5, 0.6) is 5.75 Å². The van der Waals surface area contributed by atoms with E-state index in [0.717, 1.165) is 0 Å². The number of hydrogen-bond donors (Lipinski definition) is 2. The summed E-state index contributed by atoms with van der Waals surface area (Å²) in [5, 5.41) is 11.2. The normalized spacial score (nSPS) is 9.57. The molecule has 1 rings (SSSR count). The molecule has 0 saturated heterocycles. The molecule has 0 spiro atoms. The monoisotopic (exact) mass is 215 g/mol. The summed E-state index contributed by atoms with van der Waals surface area (Å²) in [5.41, 5.74) is 0.711. The average Bonchev–Trinajstić information content (AvgIpc) is 2.15. The van der Waals surface area contributed by atoms with Crippen LogP contribution in [0.25, 0.3) is 0 Å². The van der Waals surface area contributed by atoms with Crippen molar-refractivity contribution in [2.75, 3.05) is 7.11 Å². The Balaban J connectivity index is 2.82. The molecule has 0 radical (unpaired) electrons. The van der Waals surface area contributed by atoms with Gasteiger partial charge in [-0.3, -0.25) is 0 Å². The number of ether oxygens (including phenoxy) is 1. The van der Waals surface area contributed by atoms with E-state index in [1.54, 1.807) is 18.2 Å². The van der Waals surface area contributed by atoms with Crippen molar-refractivity contribution in [1.29, 1.82) is 0 Å². The second kappa shape index (κ2) is 4.72. The van der Waals surface area contributed by atoms with E-state index >= 15 is 0 Å². The Morgan fingerprint density at radius 3 is 2.93 bits per heavy atom. The van der Waals surface area contributed by atoms with Crippen LogP contribution in [0.3, 0.4) is 0 Å². The maximum Gasteiger partial charge on any atom is 0.404 e. The molecule has 0 aliphatic rings. The molecule has 2 N–H and O–H groups in total. The van der Waals surface area contributed by atoms with Crippen LogP contribution in [-0.2, 0) is 6.54 Å². The first-order valence-corrected chi connectivity index (χ1v) is 4.30. The van der Waals surface area contributed by atoms with Crippen LogP contribution in [0.15, 0.2) is 18.2 Å². The van der Waals surface area contributed by atoms with E-state index < -0.39 is 6.09 Å². The Kier molecular flexibility index (Phi) is 3.59. The summed E-state index contributed by atoms with van der Waals surface area (Å²) in [6.07, 6.45) is -1.08. The first-order valence-electron chi connectivity index (χ1n) is 3.92. The Morgan fingerprint density at radius 2 is 2.36 bits per heavy atom. The van der Waals surface area contributed by atoms with Crippen LogP contribution in [-0.4, -0.2) is 18.3 Å². The van der Waals surface area contributed by atoms with E-state index in [1.807, 2.05) is 0 Å². The summed E-state index contributed by atoms with van der Waals surface area (Å²) in [6, 6.07) is 5.04. The second-order valence-corrected chi connectivity index (χ2v) is 3.05. The van der Waals surface area contributed by atoms with Crippen molar-refractivity contribution < 1.29 is 14.6 Å². The topological polar surface area (TPSA) is 58.6 Å². The fourth-order valence-corrected chi connectivity index (χ4v) is 1.25. The third-order valence-corrected chi connectivity index (χ3v) is 1.91. The number of carboxylic acid groups (broad SMARTS) is 1. The molecule has 0 atom stereocenters. The van der Waals surface area contributed by atoms with Gasteiger partial charge in [0.05, 0.1) is 7.11 Å². The fraction of sp³-hybridized carbons (Fsp3) is 0.222. The molecule has 0 fully saturated rings. The number of amides is 1. The molecule has 4 nitrogen and oxygen atoms in total. The van der Waals surface area contributed by atoms with E-state index in [1.165, 1.54) is 7.11 Å². The molecule has 14 heavy (non-hydrogen) atoms. The van der Waals surface area contributed by atoms with Crippen molar-refractivity contribution in [1.82, 2.24) is 5.32 Å². The quantitative estimate of drug-likeness (QED) is 0.812. The van der Waals surface area contributed by atoms with Crippen LogP contribution in [0.4, 0.5) is 4.79 Å². The SMILES string of the molecule is COc1ccc(Cl)cc1CNC(=O)O. The fourth-order valence-electron chi connectivity index (χ4n) is 1.06. The minimum absolute atomic E-state index is 0.180. The van der Waals surface area contributed by atoms with Crippen LogP contribution >= 0.6 is 11.6 Å². The highest BCUT2D eigenvalue weighted by Gasteiger charge is 2.04. The van der Waals surface area contributed by atoms with Gasteiger partial charge in [-0.15, -0.1) is 0 Å². The summed E-state index contributed by atoms with van der Waals surface area (Å²) in [7, 11) is 1.52. The van der Waals surface area contributed by atoms with Crippen molar-refractivity contribution in [2.45, 2.75) is 6.54 Å². The molecule has 1 aromatic carbocycles. The van der Waals surface area contributed by atoms with Gasteiger partial charge in [-0.05, 0) is 18.2 Å².